The highest BCUT2D eigenvalue weighted by Gasteiger charge is 2.19. The van der Waals surface area contributed by atoms with Crippen molar-refractivity contribution in [1.82, 2.24) is 19.5 Å². The van der Waals surface area contributed by atoms with Crippen LogP contribution in [0.15, 0.2) is 71.8 Å². The third kappa shape index (κ3) is 5.02. The Hall–Kier alpha value is -3.91. The Morgan fingerprint density at radius 1 is 1.12 bits per heavy atom. The predicted molar refractivity (Wildman–Crippen MR) is 130 cm³/mol. The van der Waals surface area contributed by atoms with E-state index in [9.17, 15) is 14.7 Å². The fraction of sp³-hybridized carbons (Fsp3) is 0.269. The molecule has 2 N–H and O–H groups in total. The van der Waals surface area contributed by atoms with Gasteiger partial charge in [0.2, 0.25) is 5.91 Å². The average molecular weight is 461 g/mol. The number of aryl methyl sites for hydroxylation is 1. The highest BCUT2D eigenvalue weighted by Crippen LogP contribution is 2.26. The van der Waals surface area contributed by atoms with Gasteiger partial charge in [-0.3, -0.25) is 9.59 Å². The molecule has 2 aromatic carbocycles. The molecule has 8 heteroatoms. The number of nitrogens with one attached hydrogen (secondary N) is 1. The molecule has 8 nitrogen and oxygen atoms in total. The van der Waals surface area contributed by atoms with Crippen LogP contribution >= 0.6 is 0 Å². The van der Waals surface area contributed by atoms with Gasteiger partial charge in [0.25, 0.3) is 5.56 Å². The van der Waals surface area contributed by atoms with E-state index in [-0.39, 0.29) is 36.2 Å². The van der Waals surface area contributed by atoms with Crippen LogP contribution in [0.5, 0.6) is 5.75 Å². The Labute approximate surface area is 197 Å². The number of ether oxygens (including phenoxy) is 1. The second-order valence-corrected chi connectivity index (χ2v) is 8.23. The van der Waals surface area contributed by atoms with Gasteiger partial charge in [-0.2, -0.15) is 5.10 Å². The fourth-order valence-electron chi connectivity index (χ4n) is 3.98. The van der Waals surface area contributed by atoms with E-state index in [0.717, 1.165) is 18.4 Å². The predicted octanol–water partition coefficient (Wildman–Crippen LogP) is 2.80. The lowest BCUT2D eigenvalue weighted by Gasteiger charge is -2.14. The Kier molecular flexibility index (Phi) is 7.08. The van der Waals surface area contributed by atoms with Gasteiger partial charge in [-0.05, 0) is 49.6 Å². The summed E-state index contributed by atoms with van der Waals surface area (Å²) in [6, 6.07) is 17.3. The molecule has 2 heterocycles. The first kappa shape index (κ1) is 23.3. The molecule has 0 radical (unpaired) electrons. The van der Waals surface area contributed by atoms with E-state index in [1.165, 1.54) is 20.8 Å². The van der Waals surface area contributed by atoms with Crippen LogP contribution in [0, 0.1) is 0 Å². The molecule has 0 fully saturated rings. The lowest BCUT2D eigenvalue weighted by Crippen LogP contribution is -2.37. The Bertz CT molecular complexity index is 1330. The van der Waals surface area contributed by atoms with Crippen molar-refractivity contribution in [3.05, 3.63) is 88.5 Å². The van der Waals surface area contributed by atoms with Crippen LogP contribution in [0.1, 0.15) is 24.5 Å². The van der Waals surface area contributed by atoms with Crippen LogP contribution in [-0.2, 0) is 24.4 Å². The van der Waals surface area contributed by atoms with Crippen LogP contribution in [0.2, 0.25) is 0 Å². The van der Waals surface area contributed by atoms with Gasteiger partial charge in [-0.1, -0.05) is 30.3 Å². The van der Waals surface area contributed by atoms with Gasteiger partial charge in [-0.15, -0.1) is 0 Å². The number of benzene rings is 2. The van der Waals surface area contributed by atoms with Gasteiger partial charge in [-0.25, -0.2) is 4.52 Å². The molecular weight excluding hydrogens is 432 g/mol. The minimum Gasteiger partial charge on any atom is -0.497 e. The summed E-state index contributed by atoms with van der Waals surface area (Å²) < 4.78 is 7.98. The third-order valence-corrected chi connectivity index (χ3v) is 5.81. The summed E-state index contributed by atoms with van der Waals surface area (Å²) in [6.07, 6.45) is 4.81. The number of hydrogen-bond acceptors (Lipinski definition) is 5. The summed E-state index contributed by atoms with van der Waals surface area (Å²) in [5, 5.41) is 17.5. The van der Waals surface area contributed by atoms with E-state index in [1.807, 2.05) is 37.3 Å². The van der Waals surface area contributed by atoms with Gasteiger partial charge in [0, 0.05) is 29.6 Å². The van der Waals surface area contributed by atoms with Crippen molar-refractivity contribution in [2.45, 2.75) is 39.0 Å². The number of carbonyl (C=O) groups excluding carboxylic acids is 1. The molecule has 0 bridgehead atoms. The monoisotopic (exact) mass is 460 g/mol. The first-order valence-electron chi connectivity index (χ1n) is 11.2. The SMILES string of the molecule is COc1ccc(-c2nn3ccn(CC(=O)N[C@H](C)CCc4ccccc4)c(=O)c3c2CO)cc1. The topological polar surface area (TPSA) is 97.9 Å². The van der Waals surface area contributed by atoms with Crippen LogP contribution in [-0.4, -0.2) is 38.3 Å². The van der Waals surface area contributed by atoms with Gasteiger partial charge < -0.3 is 19.7 Å². The molecule has 176 valence electrons. The highest BCUT2D eigenvalue weighted by molar-refractivity contribution is 5.76. The third-order valence-electron chi connectivity index (χ3n) is 5.81. The number of hydrogen-bond donors (Lipinski definition) is 2. The maximum atomic E-state index is 13.2. The molecule has 0 spiro atoms. The van der Waals surface area contributed by atoms with E-state index in [4.69, 9.17) is 4.74 Å². The summed E-state index contributed by atoms with van der Waals surface area (Å²) in [6.45, 7) is 1.49. The number of fused-ring (bicyclic) bond motifs is 1. The molecule has 0 saturated heterocycles. The van der Waals surface area contributed by atoms with E-state index in [0.29, 0.717) is 17.0 Å². The number of nitrogens with zero attached hydrogens (tertiary/aromatic N) is 3. The van der Waals surface area contributed by atoms with Crippen molar-refractivity contribution >= 4 is 11.4 Å². The Morgan fingerprint density at radius 2 is 1.85 bits per heavy atom. The van der Waals surface area contributed by atoms with Crippen molar-refractivity contribution in [1.29, 1.82) is 0 Å². The highest BCUT2D eigenvalue weighted by atomic mass is 16.5. The lowest BCUT2D eigenvalue weighted by molar-refractivity contribution is -0.122. The van der Waals surface area contributed by atoms with Crippen LogP contribution < -0.4 is 15.6 Å². The molecule has 1 atom stereocenters. The first-order chi connectivity index (χ1) is 16.5. The molecular formula is C26H28N4O4. The van der Waals surface area contributed by atoms with E-state index < -0.39 is 0 Å². The molecule has 4 rings (SSSR count). The zero-order valence-corrected chi connectivity index (χ0v) is 19.3. The maximum absolute atomic E-state index is 13.2. The number of aliphatic hydroxyl groups is 1. The number of methoxy groups -OCH3 is 1. The van der Waals surface area contributed by atoms with Crippen molar-refractivity contribution in [2.75, 3.05) is 7.11 Å². The molecule has 1 amide bonds. The second kappa shape index (κ2) is 10.4. The molecule has 2 aromatic heterocycles. The smallest absolute Gasteiger partial charge is 0.277 e. The normalized spacial score (nSPS) is 12.0. The molecule has 0 unspecified atom stereocenters. The number of aliphatic hydroxyl groups excluding tert-OH is 1. The van der Waals surface area contributed by atoms with Crippen LogP contribution in [0.3, 0.4) is 0 Å². The Morgan fingerprint density at radius 3 is 2.53 bits per heavy atom. The molecule has 0 saturated carbocycles. The summed E-state index contributed by atoms with van der Waals surface area (Å²) in [7, 11) is 1.59. The van der Waals surface area contributed by atoms with Crippen molar-refractivity contribution in [3.63, 3.8) is 0 Å². The first-order valence-corrected chi connectivity index (χ1v) is 11.2. The van der Waals surface area contributed by atoms with Gasteiger partial charge in [0.15, 0.2) is 0 Å². The fourth-order valence-corrected chi connectivity index (χ4v) is 3.98. The van der Waals surface area contributed by atoms with Crippen molar-refractivity contribution in [2.24, 2.45) is 0 Å². The number of carbonyl (C=O) groups is 1. The quantitative estimate of drug-likeness (QED) is 0.400. The standard InChI is InChI=1S/C26H28N4O4/c1-18(8-9-19-6-4-3-5-7-19)27-23(32)16-29-14-15-30-25(26(29)33)22(17-31)24(28-30)20-10-12-21(34-2)13-11-20/h3-7,10-15,18,31H,8-9,16-17H2,1-2H3,(H,27,32)/t18-/m1/s1. The van der Waals surface area contributed by atoms with Crippen LogP contribution in [0.4, 0.5) is 0 Å². The number of rotatable bonds is 9. The molecule has 0 aliphatic rings. The summed E-state index contributed by atoms with van der Waals surface area (Å²) in [5.74, 6) is 0.455. The summed E-state index contributed by atoms with van der Waals surface area (Å²) in [5.41, 5.74) is 2.77. The van der Waals surface area contributed by atoms with E-state index in [1.54, 1.807) is 25.4 Å². The molecule has 0 aliphatic heterocycles. The van der Waals surface area contributed by atoms with E-state index in [2.05, 4.69) is 22.5 Å². The largest absolute Gasteiger partial charge is 0.497 e. The number of amides is 1. The minimum absolute atomic E-state index is 0.0308. The molecule has 4 aromatic rings. The van der Waals surface area contributed by atoms with Gasteiger partial charge in [0.05, 0.1) is 19.4 Å². The molecule has 0 aliphatic carbocycles. The van der Waals surface area contributed by atoms with Crippen molar-refractivity contribution < 1.29 is 14.6 Å². The second-order valence-electron chi connectivity index (χ2n) is 8.23. The lowest BCUT2D eigenvalue weighted by atomic mass is 10.1. The zero-order chi connectivity index (χ0) is 24.1. The summed E-state index contributed by atoms with van der Waals surface area (Å²) in [4.78, 5) is 25.8. The van der Waals surface area contributed by atoms with Crippen LogP contribution in [0.25, 0.3) is 16.8 Å². The maximum Gasteiger partial charge on any atom is 0.277 e. The average Bonchev–Trinajstić information content (AvgIpc) is 3.24. The Balaban J connectivity index is 1.51. The zero-order valence-electron chi connectivity index (χ0n) is 19.3. The minimum atomic E-state index is -0.383. The van der Waals surface area contributed by atoms with Gasteiger partial charge >= 0.3 is 0 Å². The summed E-state index contributed by atoms with van der Waals surface area (Å²) >= 11 is 0. The van der Waals surface area contributed by atoms with E-state index >= 15 is 0 Å². The van der Waals surface area contributed by atoms with Gasteiger partial charge in [0.1, 0.15) is 17.8 Å². The molecule has 34 heavy (non-hydrogen) atoms. The number of aromatic nitrogens is 3. The van der Waals surface area contributed by atoms with Crippen molar-refractivity contribution in [3.8, 4) is 17.0 Å².